The van der Waals surface area contributed by atoms with Gasteiger partial charge < -0.3 is 21.1 Å². The van der Waals surface area contributed by atoms with Crippen LogP contribution in [0.4, 0.5) is 5.69 Å². The molecule has 230 valence electrons. The van der Waals surface area contributed by atoms with Crippen molar-refractivity contribution in [2.75, 3.05) is 18.8 Å². The number of hydrogen-bond donors (Lipinski definition) is 3. The largest absolute Gasteiger partial charge is 0.460 e. The number of esters is 1. The highest BCUT2D eigenvalue weighted by atomic mass is 16.6. The van der Waals surface area contributed by atoms with Crippen LogP contribution in [-0.2, 0) is 48.0 Å². The van der Waals surface area contributed by atoms with Gasteiger partial charge in [0.2, 0.25) is 11.8 Å². The maximum absolute atomic E-state index is 13.2. The summed E-state index contributed by atoms with van der Waals surface area (Å²) in [5, 5.41) is 5.18. The van der Waals surface area contributed by atoms with E-state index in [1.165, 1.54) is 0 Å². The summed E-state index contributed by atoms with van der Waals surface area (Å²) >= 11 is 0. The minimum atomic E-state index is -0.761. The molecule has 2 amide bonds. The average Bonchev–Trinajstić information content (AvgIpc) is 2.94. The third-order valence-corrected chi connectivity index (χ3v) is 7.03. The Labute approximate surface area is 252 Å². The quantitative estimate of drug-likeness (QED) is 0.223. The van der Waals surface area contributed by atoms with Crippen LogP contribution in [0.15, 0.2) is 42.5 Å². The zero-order valence-electron chi connectivity index (χ0n) is 25.1. The summed E-state index contributed by atoms with van der Waals surface area (Å²) in [6.45, 7) is 4.68. The highest BCUT2D eigenvalue weighted by Crippen LogP contribution is 2.29. The second-order valence-electron chi connectivity index (χ2n) is 11.9. The number of anilines is 1. The van der Waals surface area contributed by atoms with E-state index in [1.807, 2.05) is 30.3 Å². The Bertz CT molecular complexity index is 1360. The smallest absolute Gasteiger partial charge is 0.306 e. The average molecular weight is 592 g/mol. The molecule has 2 aromatic rings. The molecule has 10 nitrogen and oxygen atoms in total. The van der Waals surface area contributed by atoms with E-state index in [2.05, 4.69) is 10.6 Å². The summed E-state index contributed by atoms with van der Waals surface area (Å²) in [7, 11) is 0. The van der Waals surface area contributed by atoms with Gasteiger partial charge in [-0.1, -0.05) is 36.4 Å². The lowest BCUT2D eigenvalue weighted by Gasteiger charge is -2.20. The number of Topliss-reactive ketones (excluding diaryl/α,β-unsaturated/α-hetero) is 3. The third-order valence-electron chi connectivity index (χ3n) is 7.03. The number of nitrogens with one attached hydrogen (secondary N) is 2. The van der Waals surface area contributed by atoms with Crippen molar-refractivity contribution in [3.8, 4) is 0 Å². The first-order chi connectivity index (χ1) is 20.3. The van der Waals surface area contributed by atoms with Crippen LogP contribution >= 0.6 is 0 Å². The molecule has 0 saturated heterocycles. The van der Waals surface area contributed by atoms with E-state index in [4.69, 9.17) is 10.5 Å². The first-order valence-electron chi connectivity index (χ1n) is 14.6. The number of amides is 2. The summed E-state index contributed by atoms with van der Waals surface area (Å²) in [6.07, 6.45) is 1.74. The van der Waals surface area contributed by atoms with E-state index < -0.39 is 29.3 Å². The first kappa shape index (κ1) is 33.2. The highest BCUT2D eigenvalue weighted by molar-refractivity contribution is 6.03. The monoisotopic (exact) mass is 591 g/mol. The van der Waals surface area contributed by atoms with Crippen LogP contribution in [0.3, 0.4) is 0 Å². The van der Waals surface area contributed by atoms with Gasteiger partial charge in [0.05, 0.1) is 19.5 Å². The molecule has 1 aliphatic carbocycles. The molecule has 0 aromatic heterocycles. The molecule has 0 fully saturated rings. The van der Waals surface area contributed by atoms with Crippen molar-refractivity contribution in [1.29, 1.82) is 0 Å². The molecule has 0 heterocycles. The summed E-state index contributed by atoms with van der Waals surface area (Å²) < 4.78 is 5.18. The number of hydrogen-bond acceptors (Lipinski definition) is 8. The molecule has 3 rings (SSSR count). The zero-order valence-corrected chi connectivity index (χ0v) is 25.1. The molecule has 1 atom stereocenters. The lowest BCUT2D eigenvalue weighted by atomic mass is 9.85. The van der Waals surface area contributed by atoms with Crippen LogP contribution in [0, 0.1) is 5.92 Å². The standard InChI is InChI=1S/C33H41N3O7/c1-33(2,3)43-30(41)15-14-29(40)35-19-25(38)18-23(16-21-8-5-4-6-9-21)32(42)36-20-24(37)17-22-12-13-27(34)31-26(22)10-7-11-28(31)39/h4-6,8-9,12-13,23H,7,10-11,14-20,34H2,1-3H3,(H,35,40)(H,36,42)/t23-/m1/s1. The van der Waals surface area contributed by atoms with Crippen LogP contribution in [0.5, 0.6) is 0 Å². The number of ketones is 3. The van der Waals surface area contributed by atoms with E-state index in [1.54, 1.807) is 32.9 Å². The first-order valence-corrected chi connectivity index (χ1v) is 14.6. The summed E-state index contributed by atoms with van der Waals surface area (Å²) in [5.74, 6) is -2.80. The molecule has 0 aliphatic heterocycles. The van der Waals surface area contributed by atoms with Gasteiger partial charge in [0.1, 0.15) is 5.60 Å². The minimum absolute atomic E-state index is 0.0194. The van der Waals surface area contributed by atoms with E-state index in [-0.39, 0.29) is 62.5 Å². The van der Waals surface area contributed by atoms with Crippen molar-refractivity contribution < 1.29 is 33.5 Å². The fourth-order valence-corrected chi connectivity index (χ4v) is 5.04. The SMILES string of the molecule is CC(C)(C)OC(=O)CCC(=O)NCC(=O)C[C@@H](Cc1ccccc1)C(=O)NCC(=O)Cc1ccc(N)c2c1CCCC2=O. The Morgan fingerprint density at radius 2 is 1.60 bits per heavy atom. The summed E-state index contributed by atoms with van der Waals surface area (Å²) in [4.78, 5) is 75.2. The van der Waals surface area contributed by atoms with Crippen LogP contribution in [0.25, 0.3) is 0 Å². The van der Waals surface area contributed by atoms with E-state index >= 15 is 0 Å². The second kappa shape index (κ2) is 15.2. The third kappa shape index (κ3) is 10.8. The molecule has 10 heteroatoms. The molecule has 0 spiro atoms. The van der Waals surface area contributed by atoms with Gasteiger partial charge in [-0.2, -0.15) is 0 Å². The molecule has 1 aliphatic rings. The van der Waals surface area contributed by atoms with Crippen molar-refractivity contribution in [2.24, 2.45) is 5.92 Å². The van der Waals surface area contributed by atoms with Crippen LogP contribution < -0.4 is 16.4 Å². The van der Waals surface area contributed by atoms with Gasteiger partial charge in [0, 0.05) is 42.9 Å². The van der Waals surface area contributed by atoms with E-state index in [0.29, 0.717) is 30.5 Å². The molecule has 0 saturated carbocycles. The number of carbonyl (C=O) groups is 6. The van der Waals surface area contributed by atoms with Gasteiger partial charge in [0.15, 0.2) is 17.3 Å². The van der Waals surface area contributed by atoms with Crippen LogP contribution in [0.2, 0.25) is 0 Å². The van der Waals surface area contributed by atoms with Gasteiger partial charge in [-0.3, -0.25) is 28.8 Å². The number of rotatable bonds is 14. The second-order valence-corrected chi connectivity index (χ2v) is 11.9. The molecule has 2 aromatic carbocycles. The van der Waals surface area contributed by atoms with Gasteiger partial charge in [0.25, 0.3) is 0 Å². The zero-order chi connectivity index (χ0) is 31.6. The Kier molecular flexibility index (Phi) is 11.7. The molecular weight excluding hydrogens is 550 g/mol. The normalized spacial score (nSPS) is 13.4. The molecular formula is C33H41N3O7. The van der Waals surface area contributed by atoms with Gasteiger partial charge in [-0.15, -0.1) is 0 Å². The molecule has 43 heavy (non-hydrogen) atoms. The summed E-state index contributed by atoms with van der Waals surface area (Å²) in [5.41, 5.74) is 8.66. The predicted octanol–water partition coefficient (Wildman–Crippen LogP) is 3.07. The fourth-order valence-electron chi connectivity index (χ4n) is 5.04. The Hall–Kier alpha value is -4.34. The molecule has 0 bridgehead atoms. The molecule has 0 radical (unpaired) electrons. The predicted molar refractivity (Wildman–Crippen MR) is 161 cm³/mol. The van der Waals surface area contributed by atoms with Crippen molar-refractivity contribution in [2.45, 2.75) is 77.7 Å². The van der Waals surface area contributed by atoms with Crippen molar-refractivity contribution >= 4 is 40.8 Å². The lowest BCUT2D eigenvalue weighted by molar-refractivity contribution is -0.155. The number of fused-ring (bicyclic) bond motifs is 1. The number of nitrogen functional groups attached to an aromatic ring is 1. The van der Waals surface area contributed by atoms with Crippen LogP contribution in [0.1, 0.15) is 79.9 Å². The molecule has 0 unspecified atom stereocenters. The van der Waals surface area contributed by atoms with Gasteiger partial charge >= 0.3 is 5.97 Å². The fraction of sp³-hybridized carbons (Fsp3) is 0.455. The van der Waals surface area contributed by atoms with Crippen molar-refractivity contribution in [3.63, 3.8) is 0 Å². The lowest BCUT2D eigenvalue weighted by Crippen LogP contribution is -2.38. The van der Waals surface area contributed by atoms with Gasteiger partial charge in [-0.05, 0) is 62.8 Å². The van der Waals surface area contributed by atoms with Crippen molar-refractivity contribution in [1.82, 2.24) is 10.6 Å². The topological polar surface area (TPSA) is 162 Å². The van der Waals surface area contributed by atoms with E-state index in [9.17, 15) is 28.8 Å². The number of nitrogens with two attached hydrogens (primary N) is 1. The van der Waals surface area contributed by atoms with Crippen LogP contribution in [-0.4, -0.2) is 53.8 Å². The maximum Gasteiger partial charge on any atom is 0.306 e. The molecule has 4 N–H and O–H groups in total. The minimum Gasteiger partial charge on any atom is -0.460 e. The Morgan fingerprint density at radius 1 is 0.907 bits per heavy atom. The Morgan fingerprint density at radius 3 is 2.30 bits per heavy atom. The number of ether oxygens (including phenoxy) is 1. The van der Waals surface area contributed by atoms with Crippen molar-refractivity contribution in [3.05, 3.63) is 64.7 Å². The number of carbonyl (C=O) groups excluding carboxylic acids is 6. The van der Waals surface area contributed by atoms with Gasteiger partial charge in [-0.25, -0.2) is 0 Å². The Balaban J connectivity index is 1.55. The highest BCUT2D eigenvalue weighted by Gasteiger charge is 2.26. The number of benzene rings is 2. The van der Waals surface area contributed by atoms with E-state index in [0.717, 1.165) is 16.7 Å². The summed E-state index contributed by atoms with van der Waals surface area (Å²) in [6, 6.07) is 12.6. The maximum atomic E-state index is 13.2.